The van der Waals surface area contributed by atoms with Gasteiger partial charge in [0, 0.05) is 32.3 Å². The zero-order chi connectivity index (χ0) is 39.1. The summed E-state index contributed by atoms with van der Waals surface area (Å²) in [4.78, 5) is 34.4. The van der Waals surface area contributed by atoms with Gasteiger partial charge in [-0.3, -0.25) is 0 Å². The third-order valence-corrected chi connectivity index (χ3v) is 8.80. The molecule has 0 aliphatic carbocycles. The van der Waals surface area contributed by atoms with Gasteiger partial charge in [-0.2, -0.15) is 0 Å². The molecule has 0 bridgehead atoms. The lowest BCUT2D eigenvalue weighted by atomic mass is 10.0. The second kappa shape index (κ2) is 19.9. The average molecular weight is 778 g/mol. The normalized spacial score (nSPS) is 12.3. The Balaban J connectivity index is 1.23. The molecule has 4 aromatic rings. The topological polar surface area (TPSA) is 136 Å². The molecule has 2 N–H and O–H groups in total. The fraction of sp³-hybridized carbons (Fsp3) is 0.333. The Morgan fingerprint density at radius 3 is 1.07 bits per heavy atom. The molecule has 54 heavy (non-hydrogen) atoms. The van der Waals surface area contributed by atoms with Crippen molar-refractivity contribution in [3.8, 4) is 11.5 Å². The van der Waals surface area contributed by atoms with Crippen LogP contribution in [0.15, 0.2) is 107 Å². The van der Waals surface area contributed by atoms with Gasteiger partial charge in [-0.1, -0.05) is 70.6 Å². The molecule has 4 aromatic carbocycles. The van der Waals surface area contributed by atoms with Crippen LogP contribution in [0.3, 0.4) is 0 Å². The molecule has 0 saturated heterocycles. The van der Waals surface area contributed by atoms with Gasteiger partial charge in [-0.25, -0.2) is 9.59 Å². The van der Waals surface area contributed by atoms with Gasteiger partial charge in [0.05, 0.1) is 0 Å². The van der Waals surface area contributed by atoms with Gasteiger partial charge in [-0.15, -0.1) is 0 Å². The smallest absolute Gasteiger partial charge is 0.347 e. The lowest BCUT2D eigenvalue weighted by Gasteiger charge is -2.21. The number of unbranched alkanes of at least 4 members (excludes halogenated alkanes) is 5. The minimum Gasteiger partial charge on any atom is -0.478 e. The van der Waals surface area contributed by atoms with E-state index in [1.54, 1.807) is 48.5 Å². The molecule has 0 atom stereocenters. The van der Waals surface area contributed by atoms with Crippen LogP contribution >= 0.6 is 23.2 Å². The van der Waals surface area contributed by atoms with Crippen molar-refractivity contribution in [3.63, 3.8) is 0 Å². The molecule has 0 spiro atoms. The number of nitrogens with zero attached hydrogens (tertiary/aromatic N) is 2. The van der Waals surface area contributed by atoms with E-state index in [2.05, 4.69) is 10.3 Å². The van der Waals surface area contributed by atoms with E-state index in [0.717, 1.165) is 60.8 Å². The van der Waals surface area contributed by atoms with Gasteiger partial charge in [0.2, 0.25) is 0 Å². The SMILES string of the molecule is CC(C)(Oc1ccc(/C(=N\OCCCCCCCCO/N=C(/c2ccc(Cl)cc2)c2ccc(OC(C)(C)C(=O)O)cc2)c2ccc(Cl)cc2)cc1)C(=O)O. The third-order valence-electron chi connectivity index (χ3n) is 8.30. The van der Waals surface area contributed by atoms with Gasteiger partial charge in [0.25, 0.3) is 0 Å². The third kappa shape index (κ3) is 12.8. The number of oxime groups is 2. The average Bonchev–Trinajstić information content (AvgIpc) is 3.13. The number of carboxylic acids is 2. The molecule has 0 aliphatic heterocycles. The van der Waals surface area contributed by atoms with Crippen molar-refractivity contribution in [3.05, 3.63) is 129 Å². The fourth-order valence-electron chi connectivity index (χ4n) is 5.06. The molecule has 4 rings (SSSR count). The quantitative estimate of drug-likeness (QED) is 0.0485. The second-order valence-corrected chi connectivity index (χ2v) is 14.4. The maximum absolute atomic E-state index is 11.5. The van der Waals surface area contributed by atoms with Crippen LogP contribution in [-0.4, -0.2) is 58.0 Å². The van der Waals surface area contributed by atoms with Crippen LogP contribution in [0.25, 0.3) is 0 Å². The Kier molecular flexibility index (Phi) is 15.3. The van der Waals surface area contributed by atoms with E-state index < -0.39 is 23.1 Å². The molecule has 0 heterocycles. The van der Waals surface area contributed by atoms with E-state index in [9.17, 15) is 19.8 Å². The Morgan fingerprint density at radius 2 is 0.778 bits per heavy atom. The molecule has 0 amide bonds. The molecule has 0 saturated carbocycles. The number of carbonyl (C=O) groups is 2. The van der Waals surface area contributed by atoms with Crippen LogP contribution in [0.2, 0.25) is 10.0 Å². The van der Waals surface area contributed by atoms with Crippen molar-refractivity contribution in [1.82, 2.24) is 0 Å². The fourth-order valence-corrected chi connectivity index (χ4v) is 5.31. The van der Waals surface area contributed by atoms with Crippen LogP contribution < -0.4 is 9.47 Å². The molecule has 0 unspecified atom stereocenters. The van der Waals surface area contributed by atoms with Gasteiger partial charge >= 0.3 is 11.9 Å². The summed E-state index contributed by atoms with van der Waals surface area (Å²) in [6, 6.07) is 28.8. The van der Waals surface area contributed by atoms with E-state index in [1.807, 2.05) is 48.5 Å². The number of aliphatic carboxylic acids is 2. The van der Waals surface area contributed by atoms with Crippen LogP contribution in [0, 0.1) is 0 Å². The van der Waals surface area contributed by atoms with Crippen LogP contribution in [0.5, 0.6) is 11.5 Å². The van der Waals surface area contributed by atoms with Crippen molar-refractivity contribution in [2.24, 2.45) is 10.3 Å². The highest BCUT2D eigenvalue weighted by atomic mass is 35.5. The summed E-state index contributed by atoms with van der Waals surface area (Å²) in [5, 5.41) is 28.9. The van der Waals surface area contributed by atoms with E-state index in [1.165, 1.54) is 27.7 Å². The van der Waals surface area contributed by atoms with Crippen LogP contribution in [0.4, 0.5) is 0 Å². The van der Waals surface area contributed by atoms with Gasteiger partial charge < -0.3 is 29.4 Å². The molecule has 0 radical (unpaired) electrons. The molecule has 12 heteroatoms. The van der Waals surface area contributed by atoms with E-state index >= 15 is 0 Å². The maximum Gasteiger partial charge on any atom is 0.347 e. The molecular formula is C42H46Cl2N2O8. The molecule has 286 valence electrons. The lowest BCUT2D eigenvalue weighted by Crippen LogP contribution is -2.37. The summed E-state index contributed by atoms with van der Waals surface area (Å²) in [7, 11) is 0. The summed E-state index contributed by atoms with van der Waals surface area (Å²) >= 11 is 12.2. The van der Waals surface area contributed by atoms with Gasteiger partial charge in [-0.05, 0) is 126 Å². The zero-order valence-corrected chi connectivity index (χ0v) is 32.4. The van der Waals surface area contributed by atoms with Gasteiger partial charge in [0.15, 0.2) is 11.2 Å². The van der Waals surface area contributed by atoms with Crippen molar-refractivity contribution >= 4 is 46.6 Å². The number of ether oxygens (including phenoxy) is 2. The van der Waals surface area contributed by atoms with Crippen LogP contribution in [-0.2, 0) is 19.3 Å². The largest absolute Gasteiger partial charge is 0.478 e. The number of hydrogen-bond acceptors (Lipinski definition) is 8. The Bertz CT molecular complexity index is 1730. The van der Waals surface area contributed by atoms with E-state index in [4.69, 9.17) is 42.4 Å². The molecule has 0 fully saturated rings. The highest BCUT2D eigenvalue weighted by Crippen LogP contribution is 2.24. The summed E-state index contributed by atoms with van der Waals surface area (Å²) in [6.07, 6.45) is 5.74. The lowest BCUT2D eigenvalue weighted by molar-refractivity contribution is -0.152. The molecule has 0 aromatic heterocycles. The Hall–Kier alpha value is -5.06. The number of rotatable bonds is 21. The molecular weight excluding hydrogens is 731 g/mol. The first-order valence-corrected chi connectivity index (χ1v) is 18.5. The number of benzene rings is 4. The Morgan fingerprint density at radius 1 is 0.500 bits per heavy atom. The summed E-state index contributed by atoms with van der Waals surface area (Å²) < 4.78 is 11.3. The van der Waals surface area contributed by atoms with Crippen molar-refractivity contribution in [1.29, 1.82) is 0 Å². The Labute approximate surface area is 326 Å². The highest BCUT2D eigenvalue weighted by molar-refractivity contribution is 6.31. The van der Waals surface area contributed by atoms with Gasteiger partial charge in [0.1, 0.15) is 36.1 Å². The summed E-state index contributed by atoms with van der Waals surface area (Å²) in [5.74, 6) is -1.24. The zero-order valence-electron chi connectivity index (χ0n) is 30.9. The first-order chi connectivity index (χ1) is 25.7. The van der Waals surface area contributed by atoms with E-state index in [0.29, 0.717) is 46.2 Å². The van der Waals surface area contributed by atoms with Crippen LogP contribution in [0.1, 0.15) is 88.5 Å². The highest BCUT2D eigenvalue weighted by Gasteiger charge is 2.30. The van der Waals surface area contributed by atoms with E-state index in [-0.39, 0.29) is 0 Å². The number of halogens is 2. The summed E-state index contributed by atoms with van der Waals surface area (Å²) in [6.45, 7) is 6.91. The van der Waals surface area contributed by atoms with Crippen molar-refractivity contribution in [2.75, 3.05) is 13.2 Å². The predicted octanol–water partition coefficient (Wildman–Crippen LogP) is 10.1. The van der Waals surface area contributed by atoms with Crippen molar-refractivity contribution in [2.45, 2.75) is 77.4 Å². The maximum atomic E-state index is 11.5. The standard InChI is InChI=1S/C42H46Cl2N2O8/c1-41(2,39(47)48)53-35-23-15-31(16-24-35)37(29-11-19-33(43)20-12-29)45-51-27-9-7-5-6-8-10-28-52-46-38(30-13-21-34(44)22-14-30)32-17-25-36(26-18-32)54-42(3,4)40(49)50/h11-26H,5-10,27-28H2,1-4H3,(H,47,48)(H,49,50)/b45-37-,46-38-. The second-order valence-electron chi connectivity index (χ2n) is 13.6. The van der Waals surface area contributed by atoms with Crippen molar-refractivity contribution < 1.29 is 39.0 Å². The predicted molar refractivity (Wildman–Crippen MR) is 211 cm³/mol. The molecule has 10 nitrogen and oxygen atoms in total. The molecule has 0 aliphatic rings. The number of hydrogen-bond donors (Lipinski definition) is 2. The summed E-state index contributed by atoms with van der Waals surface area (Å²) in [5.41, 5.74) is 1.76. The minimum absolute atomic E-state index is 0.433. The minimum atomic E-state index is -1.36. The monoisotopic (exact) mass is 776 g/mol. The first-order valence-electron chi connectivity index (χ1n) is 17.7. The first kappa shape index (κ1) is 41.7. The number of carboxylic acid groups (broad SMARTS) is 2.